The van der Waals surface area contributed by atoms with Crippen LogP contribution in [0.4, 0.5) is 10.1 Å². The molecule has 1 aromatic heterocycles. The fourth-order valence-corrected chi connectivity index (χ4v) is 2.75. The summed E-state index contributed by atoms with van der Waals surface area (Å²) in [5.41, 5.74) is 3.12. The molecule has 0 fully saturated rings. The molecule has 114 valence electrons. The van der Waals surface area contributed by atoms with E-state index in [0.29, 0.717) is 5.56 Å². The molecule has 3 aromatic rings. The Balaban J connectivity index is 1.96. The van der Waals surface area contributed by atoms with Crippen LogP contribution in [0, 0.1) is 5.82 Å². The molecule has 0 bridgehead atoms. The topological polar surface area (TPSA) is 39.0 Å². The van der Waals surface area contributed by atoms with Gasteiger partial charge in [0.15, 0.2) is 0 Å². The molecule has 22 heavy (non-hydrogen) atoms. The molecule has 1 N–H and O–H groups in total. The van der Waals surface area contributed by atoms with Crippen molar-refractivity contribution in [1.29, 1.82) is 0 Å². The van der Waals surface area contributed by atoms with Crippen LogP contribution in [-0.2, 0) is 14.1 Å². The average molecular weight is 299 g/mol. The van der Waals surface area contributed by atoms with Crippen molar-refractivity contribution in [3.8, 4) is 0 Å². The molecule has 2 aromatic carbocycles. The lowest BCUT2D eigenvalue weighted by molar-refractivity contribution is 0.600. The fourth-order valence-electron chi connectivity index (χ4n) is 2.75. The van der Waals surface area contributed by atoms with Gasteiger partial charge in [-0.2, -0.15) is 0 Å². The van der Waals surface area contributed by atoms with E-state index < -0.39 is 0 Å². The molecule has 0 radical (unpaired) electrons. The zero-order valence-electron chi connectivity index (χ0n) is 12.8. The second kappa shape index (κ2) is 5.33. The van der Waals surface area contributed by atoms with Gasteiger partial charge in [-0.15, -0.1) is 0 Å². The van der Waals surface area contributed by atoms with Crippen LogP contribution in [-0.4, -0.2) is 9.13 Å². The number of nitrogens with one attached hydrogen (secondary N) is 1. The van der Waals surface area contributed by atoms with Gasteiger partial charge in [0.25, 0.3) is 0 Å². The molecule has 0 saturated heterocycles. The number of hydrogen-bond donors (Lipinski definition) is 1. The Labute approximate surface area is 127 Å². The zero-order valence-corrected chi connectivity index (χ0v) is 12.8. The molecule has 0 aliphatic rings. The van der Waals surface area contributed by atoms with Crippen molar-refractivity contribution in [1.82, 2.24) is 9.13 Å². The predicted molar refractivity (Wildman–Crippen MR) is 86.6 cm³/mol. The maximum absolute atomic E-state index is 13.8. The third kappa shape index (κ3) is 2.28. The number of hydrogen-bond acceptors (Lipinski definition) is 2. The highest BCUT2D eigenvalue weighted by Crippen LogP contribution is 2.24. The highest BCUT2D eigenvalue weighted by molar-refractivity contribution is 5.80. The molecule has 1 heterocycles. The van der Waals surface area contributed by atoms with Crippen molar-refractivity contribution in [2.45, 2.75) is 13.0 Å². The molecular formula is C17H18FN3O. The lowest BCUT2D eigenvalue weighted by Gasteiger charge is -2.16. The minimum absolute atomic E-state index is 0.0608. The summed E-state index contributed by atoms with van der Waals surface area (Å²) in [5, 5.41) is 3.28. The molecule has 0 saturated carbocycles. The fraction of sp³-hybridized carbons (Fsp3) is 0.235. The molecule has 0 spiro atoms. The van der Waals surface area contributed by atoms with E-state index in [1.165, 1.54) is 6.07 Å². The smallest absolute Gasteiger partial charge is 0.328 e. The maximum Gasteiger partial charge on any atom is 0.328 e. The van der Waals surface area contributed by atoms with E-state index in [1.54, 1.807) is 35.4 Å². The number of benzene rings is 2. The van der Waals surface area contributed by atoms with E-state index in [4.69, 9.17) is 0 Å². The summed E-state index contributed by atoms with van der Waals surface area (Å²) in [4.78, 5) is 11.9. The highest BCUT2D eigenvalue weighted by Gasteiger charge is 2.12. The van der Waals surface area contributed by atoms with Crippen molar-refractivity contribution >= 4 is 16.7 Å². The Bertz CT molecular complexity index is 895. The summed E-state index contributed by atoms with van der Waals surface area (Å²) in [5.74, 6) is -0.226. The molecular weight excluding hydrogens is 281 g/mol. The molecule has 0 amide bonds. The molecule has 0 aliphatic heterocycles. The minimum Gasteiger partial charge on any atom is -0.378 e. The largest absolute Gasteiger partial charge is 0.378 e. The Morgan fingerprint density at radius 3 is 2.45 bits per heavy atom. The number of nitrogens with zero attached hydrogens (tertiary/aromatic N) is 2. The van der Waals surface area contributed by atoms with Crippen molar-refractivity contribution in [3.63, 3.8) is 0 Å². The molecule has 3 rings (SSSR count). The SMILES string of the molecule is CC(Nc1ccc2c(c1)n(C)c(=O)n2C)c1ccccc1F. The van der Waals surface area contributed by atoms with Gasteiger partial charge in [-0.3, -0.25) is 9.13 Å². The summed E-state index contributed by atoms with van der Waals surface area (Å²) in [6.07, 6.45) is 0. The predicted octanol–water partition coefficient (Wildman–Crippen LogP) is 3.19. The molecule has 1 unspecified atom stereocenters. The first kappa shape index (κ1) is 14.4. The Morgan fingerprint density at radius 2 is 1.73 bits per heavy atom. The van der Waals surface area contributed by atoms with Crippen molar-refractivity contribution < 1.29 is 4.39 Å². The van der Waals surface area contributed by atoms with Gasteiger partial charge < -0.3 is 5.32 Å². The van der Waals surface area contributed by atoms with Gasteiger partial charge in [0.1, 0.15) is 5.82 Å². The highest BCUT2D eigenvalue weighted by atomic mass is 19.1. The number of rotatable bonds is 3. The number of aromatic nitrogens is 2. The first-order valence-corrected chi connectivity index (χ1v) is 7.15. The van der Waals surface area contributed by atoms with Crippen LogP contribution >= 0.6 is 0 Å². The van der Waals surface area contributed by atoms with Gasteiger partial charge in [0.05, 0.1) is 17.1 Å². The summed E-state index contributed by atoms with van der Waals surface area (Å²) in [6.45, 7) is 1.91. The Morgan fingerprint density at radius 1 is 1.05 bits per heavy atom. The minimum atomic E-state index is -0.226. The van der Waals surface area contributed by atoms with Crippen molar-refractivity contribution in [2.75, 3.05) is 5.32 Å². The first-order valence-electron chi connectivity index (χ1n) is 7.15. The average Bonchev–Trinajstić information content (AvgIpc) is 2.72. The number of aryl methyl sites for hydroxylation is 2. The van der Waals surface area contributed by atoms with E-state index in [2.05, 4.69) is 5.32 Å². The number of anilines is 1. The van der Waals surface area contributed by atoms with E-state index in [1.807, 2.05) is 31.2 Å². The summed E-state index contributed by atoms with van der Waals surface area (Å²) in [7, 11) is 3.49. The summed E-state index contributed by atoms with van der Waals surface area (Å²) >= 11 is 0. The van der Waals surface area contributed by atoms with E-state index >= 15 is 0 Å². The lowest BCUT2D eigenvalue weighted by Crippen LogP contribution is -2.19. The van der Waals surface area contributed by atoms with Gasteiger partial charge >= 0.3 is 5.69 Å². The van der Waals surface area contributed by atoms with Crippen molar-refractivity contribution in [2.24, 2.45) is 14.1 Å². The van der Waals surface area contributed by atoms with Gasteiger partial charge in [-0.05, 0) is 31.2 Å². The third-order valence-corrected chi connectivity index (χ3v) is 4.03. The maximum atomic E-state index is 13.8. The number of imidazole rings is 1. The zero-order chi connectivity index (χ0) is 15.9. The first-order chi connectivity index (χ1) is 10.5. The monoisotopic (exact) mass is 299 g/mol. The normalized spacial score (nSPS) is 12.5. The molecule has 4 nitrogen and oxygen atoms in total. The molecule has 5 heteroatoms. The van der Waals surface area contributed by atoms with Gasteiger partial charge in [-0.25, -0.2) is 9.18 Å². The van der Waals surface area contributed by atoms with Crippen LogP contribution in [0.2, 0.25) is 0 Å². The number of fused-ring (bicyclic) bond motifs is 1. The molecule has 1 atom stereocenters. The van der Waals surface area contributed by atoms with Crippen LogP contribution in [0.3, 0.4) is 0 Å². The Kier molecular flexibility index (Phi) is 3.48. The van der Waals surface area contributed by atoms with Gasteiger partial charge in [0, 0.05) is 25.3 Å². The van der Waals surface area contributed by atoms with Gasteiger partial charge in [-0.1, -0.05) is 18.2 Å². The van der Waals surface area contributed by atoms with Crippen molar-refractivity contribution in [3.05, 3.63) is 64.3 Å². The van der Waals surface area contributed by atoms with E-state index in [0.717, 1.165) is 16.7 Å². The van der Waals surface area contributed by atoms with Crippen LogP contribution < -0.4 is 11.0 Å². The van der Waals surface area contributed by atoms with Crippen LogP contribution in [0.5, 0.6) is 0 Å². The standard InChI is InChI=1S/C17H18FN3O/c1-11(13-6-4-5-7-14(13)18)19-12-8-9-15-16(10-12)21(3)17(22)20(15)2/h4-11,19H,1-3H3. The second-order valence-corrected chi connectivity index (χ2v) is 5.49. The van der Waals surface area contributed by atoms with E-state index in [-0.39, 0.29) is 17.5 Å². The quantitative estimate of drug-likeness (QED) is 0.806. The van der Waals surface area contributed by atoms with Crippen LogP contribution in [0.15, 0.2) is 47.3 Å². The lowest BCUT2D eigenvalue weighted by atomic mass is 10.1. The van der Waals surface area contributed by atoms with Crippen LogP contribution in [0.25, 0.3) is 11.0 Å². The van der Waals surface area contributed by atoms with E-state index in [9.17, 15) is 9.18 Å². The number of halogens is 1. The molecule has 0 aliphatic carbocycles. The second-order valence-electron chi connectivity index (χ2n) is 5.49. The third-order valence-electron chi connectivity index (χ3n) is 4.03. The van der Waals surface area contributed by atoms with Gasteiger partial charge in [0.2, 0.25) is 0 Å². The summed E-state index contributed by atoms with van der Waals surface area (Å²) in [6, 6.07) is 12.3. The summed E-state index contributed by atoms with van der Waals surface area (Å²) < 4.78 is 17.0. The Hall–Kier alpha value is -2.56. The van der Waals surface area contributed by atoms with Crippen LogP contribution in [0.1, 0.15) is 18.5 Å².